The van der Waals surface area contributed by atoms with Gasteiger partial charge in [0.05, 0.1) is 5.41 Å². The van der Waals surface area contributed by atoms with Crippen LogP contribution >= 0.6 is 0 Å². The molecular weight excluding hydrogens is 220 g/mol. The predicted molar refractivity (Wildman–Crippen MR) is 74.1 cm³/mol. The summed E-state index contributed by atoms with van der Waals surface area (Å²) in [5.74, 6) is 0.393. The van der Waals surface area contributed by atoms with Crippen molar-refractivity contribution in [3.05, 3.63) is 53.1 Å². The van der Waals surface area contributed by atoms with Crippen LogP contribution in [0.2, 0.25) is 0 Å². The SMILES string of the molecule is CC1=C(c2ccccc2)CCC2(C)C(=O)CC=C12. The first-order valence-electron chi connectivity index (χ1n) is 6.62. The van der Waals surface area contributed by atoms with Gasteiger partial charge in [0.2, 0.25) is 0 Å². The van der Waals surface area contributed by atoms with Gasteiger partial charge in [-0.05, 0) is 49.0 Å². The molecule has 2 aliphatic carbocycles. The number of ketones is 1. The molecule has 0 amide bonds. The summed E-state index contributed by atoms with van der Waals surface area (Å²) in [6.07, 6.45) is 4.72. The molecule has 0 spiro atoms. The van der Waals surface area contributed by atoms with Gasteiger partial charge in [0.25, 0.3) is 0 Å². The lowest BCUT2D eigenvalue weighted by Gasteiger charge is -2.33. The fourth-order valence-corrected chi connectivity index (χ4v) is 3.36. The number of Topliss-reactive ketones (excluding diaryl/α,β-unsaturated/α-hetero) is 1. The van der Waals surface area contributed by atoms with Gasteiger partial charge in [0, 0.05) is 6.42 Å². The fraction of sp³-hybridized carbons (Fsp3) is 0.353. The fourth-order valence-electron chi connectivity index (χ4n) is 3.36. The summed E-state index contributed by atoms with van der Waals surface area (Å²) in [6.45, 7) is 4.28. The molecule has 0 radical (unpaired) electrons. The molecule has 0 bridgehead atoms. The highest BCUT2D eigenvalue weighted by molar-refractivity contribution is 5.96. The van der Waals surface area contributed by atoms with E-state index in [-0.39, 0.29) is 5.41 Å². The molecular formula is C17H18O. The molecule has 0 fully saturated rings. The van der Waals surface area contributed by atoms with Crippen molar-refractivity contribution in [2.75, 3.05) is 0 Å². The lowest BCUT2D eigenvalue weighted by Crippen LogP contribution is -2.28. The van der Waals surface area contributed by atoms with Gasteiger partial charge in [-0.25, -0.2) is 0 Å². The van der Waals surface area contributed by atoms with Crippen molar-refractivity contribution >= 4 is 11.4 Å². The van der Waals surface area contributed by atoms with Crippen molar-refractivity contribution in [2.24, 2.45) is 5.41 Å². The number of benzene rings is 1. The molecule has 0 N–H and O–H groups in total. The van der Waals surface area contributed by atoms with Gasteiger partial charge in [-0.15, -0.1) is 0 Å². The molecule has 0 aliphatic heterocycles. The Morgan fingerprint density at radius 2 is 1.89 bits per heavy atom. The zero-order valence-corrected chi connectivity index (χ0v) is 11.0. The van der Waals surface area contributed by atoms with E-state index < -0.39 is 0 Å². The molecule has 0 heterocycles. The van der Waals surface area contributed by atoms with E-state index in [9.17, 15) is 4.79 Å². The van der Waals surface area contributed by atoms with Crippen LogP contribution in [0, 0.1) is 5.41 Å². The van der Waals surface area contributed by atoms with E-state index in [1.165, 1.54) is 22.3 Å². The Kier molecular flexibility index (Phi) is 2.51. The molecule has 1 heteroatoms. The number of carbonyl (C=O) groups excluding carboxylic acids is 1. The van der Waals surface area contributed by atoms with Gasteiger partial charge in [-0.2, -0.15) is 0 Å². The highest BCUT2D eigenvalue weighted by atomic mass is 16.1. The van der Waals surface area contributed by atoms with Crippen molar-refractivity contribution in [3.8, 4) is 0 Å². The quantitative estimate of drug-likeness (QED) is 0.718. The minimum atomic E-state index is -0.206. The molecule has 1 aromatic rings. The number of allylic oxidation sites excluding steroid dienone is 4. The third-order valence-electron chi connectivity index (χ3n) is 4.56. The van der Waals surface area contributed by atoms with Gasteiger partial charge in [0.15, 0.2) is 0 Å². The topological polar surface area (TPSA) is 17.1 Å². The number of hydrogen-bond acceptors (Lipinski definition) is 1. The Hall–Kier alpha value is -1.63. The van der Waals surface area contributed by atoms with Crippen LogP contribution in [-0.2, 0) is 4.79 Å². The third-order valence-corrected chi connectivity index (χ3v) is 4.56. The average molecular weight is 238 g/mol. The highest BCUT2D eigenvalue weighted by Crippen LogP contribution is 2.50. The van der Waals surface area contributed by atoms with Crippen molar-refractivity contribution < 1.29 is 4.79 Å². The second-order valence-corrected chi connectivity index (χ2v) is 5.55. The molecule has 0 saturated heterocycles. The minimum absolute atomic E-state index is 0.206. The number of carbonyl (C=O) groups is 1. The Balaban J connectivity index is 2.09. The molecule has 1 nitrogen and oxygen atoms in total. The van der Waals surface area contributed by atoms with Gasteiger partial charge in [0.1, 0.15) is 5.78 Å². The summed E-state index contributed by atoms with van der Waals surface area (Å²) in [7, 11) is 0. The zero-order chi connectivity index (χ0) is 12.8. The van der Waals surface area contributed by atoms with Gasteiger partial charge >= 0.3 is 0 Å². The molecule has 0 aromatic heterocycles. The third kappa shape index (κ3) is 1.50. The molecule has 1 unspecified atom stereocenters. The Labute approximate surface area is 108 Å². The molecule has 3 rings (SSSR count). The summed E-state index contributed by atoms with van der Waals surface area (Å²) in [6, 6.07) is 10.5. The van der Waals surface area contributed by atoms with Gasteiger partial charge in [-0.1, -0.05) is 36.4 Å². The van der Waals surface area contributed by atoms with Crippen LogP contribution in [0.15, 0.2) is 47.6 Å². The molecule has 1 aromatic carbocycles. The van der Waals surface area contributed by atoms with Crippen molar-refractivity contribution in [1.82, 2.24) is 0 Å². The van der Waals surface area contributed by atoms with E-state index >= 15 is 0 Å². The normalized spacial score (nSPS) is 27.2. The van der Waals surface area contributed by atoms with E-state index in [0.29, 0.717) is 12.2 Å². The Morgan fingerprint density at radius 1 is 1.17 bits per heavy atom. The van der Waals surface area contributed by atoms with E-state index in [4.69, 9.17) is 0 Å². The van der Waals surface area contributed by atoms with E-state index in [1.807, 2.05) is 6.07 Å². The number of hydrogen-bond donors (Lipinski definition) is 0. The first-order chi connectivity index (χ1) is 8.63. The lowest BCUT2D eigenvalue weighted by molar-refractivity contribution is -0.124. The molecule has 92 valence electrons. The monoisotopic (exact) mass is 238 g/mol. The predicted octanol–water partition coefficient (Wildman–Crippen LogP) is 4.16. The maximum atomic E-state index is 12.0. The number of fused-ring (bicyclic) bond motifs is 1. The van der Waals surface area contributed by atoms with Crippen LogP contribution in [-0.4, -0.2) is 5.78 Å². The summed E-state index contributed by atoms with van der Waals surface area (Å²) in [4.78, 5) is 12.0. The van der Waals surface area contributed by atoms with Crippen molar-refractivity contribution in [3.63, 3.8) is 0 Å². The summed E-state index contributed by atoms with van der Waals surface area (Å²) in [5.41, 5.74) is 5.10. The maximum absolute atomic E-state index is 12.0. The minimum Gasteiger partial charge on any atom is -0.298 e. The van der Waals surface area contributed by atoms with Gasteiger partial charge < -0.3 is 0 Å². The molecule has 0 saturated carbocycles. The standard InChI is InChI=1S/C17H18O/c1-12-14(13-6-4-3-5-7-13)10-11-17(2)15(12)8-9-16(17)18/h3-8H,9-11H2,1-2H3. The first-order valence-corrected chi connectivity index (χ1v) is 6.62. The average Bonchev–Trinajstić information content (AvgIpc) is 2.68. The van der Waals surface area contributed by atoms with Crippen LogP contribution < -0.4 is 0 Å². The van der Waals surface area contributed by atoms with Gasteiger partial charge in [-0.3, -0.25) is 4.79 Å². The number of rotatable bonds is 1. The van der Waals surface area contributed by atoms with Crippen LogP contribution in [0.4, 0.5) is 0 Å². The van der Waals surface area contributed by atoms with Crippen LogP contribution in [0.5, 0.6) is 0 Å². The largest absolute Gasteiger partial charge is 0.298 e. The summed E-state index contributed by atoms with van der Waals surface area (Å²) in [5, 5.41) is 0. The zero-order valence-electron chi connectivity index (χ0n) is 11.0. The molecule has 2 aliphatic rings. The Bertz CT molecular complexity index is 563. The van der Waals surface area contributed by atoms with E-state index in [2.05, 4.69) is 44.2 Å². The second kappa shape index (κ2) is 3.94. The van der Waals surface area contributed by atoms with Crippen molar-refractivity contribution in [2.45, 2.75) is 33.1 Å². The van der Waals surface area contributed by atoms with Crippen molar-refractivity contribution in [1.29, 1.82) is 0 Å². The van der Waals surface area contributed by atoms with E-state index in [0.717, 1.165) is 12.8 Å². The summed E-state index contributed by atoms with van der Waals surface area (Å²) < 4.78 is 0. The second-order valence-electron chi connectivity index (χ2n) is 5.55. The summed E-state index contributed by atoms with van der Waals surface area (Å²) >= 11 is 0. The van der Waals surface area contributed by atoms with Crippen LogP contribution in [0.1, 0.15) is 38.7 Å². The maximum Gasteiger partial charge on any atom is 0.146 e. The Morgan fingerprint density at radius 3 is 2.61 bits per heavy atom. The lowest BCUT2D eigenvalue weighted by atomic mass is 9.69. The molecule has 1 atom stereocenters. The van der Waals surface area contributed by atoms with Crippen LogP contribution in [0.25, 0.3) is 5.57 Å². The molecule has 18 heavy (non-hydrogen) atoms. The van der Waals surface area contributed by atoms with Crippen LogP contribution in [0.3, 0.4) is 0 Å². The first kappa shape index (κ1) is 11.5. The smallest absolute Gasteiger partial charge is 0.146 e. The van der Waals surface area contributed by atoms with E-state index in [1.54, 1.807) is 0 Å². The highest BCUT2D eigenvalue weighted by Gasteiger charge is 2.43.